The van der Waals surface area contributed by atoms with Gasteiger partial charge in [-0.3, -0.25) is 9.79 Å². The van der Waals surface area contributed by atoms with Crippen molar-refractivity contribution in [1.29, 1.82) is 0 Å². The summed E-state index contributed by atoms with van der Waals surface area (Å²) in [6.07, 6.45) is 10.1. The molecule has 1 aromatic carbocycles. The van der Waals surface area contributed by atoms with E-state index in [0.717, 1.165) is 34.6 Å². The van der Waals surface area contributed by atoms with Gasteiger partial charge in [0.1, 0.15) is 0 Å². The van der Waals surface area contributed by atoms with Crippen LogP contribution in [0.1, 0.15) is 53.1 Å². The monoisotopic (exact) mass is 445 g/mol. The molecule has 33 heavy (non-hydrogen) atoms. The third kappa shape index (κ3) is 6.55. The number of allylic oxidation sites excluding steroid dienone is 5. The summed E-state index contributed by atoms with van der Waals surface area (Å²) in [5, 5.41) is 6.64. The highest BCUT2D eigenvalue weighted by Gasteiger charge is 2.35. The molecular weight excluding hydrogens is 408 g/mol. The van der Waals surface area contributed by atoms with Crippen LogP contribution in [0.2, 0.25) is 0 Å². The summed E-state index contributed by atoms with van der Waals surface area (Å²) in [4.78, 5) is 19.7. The largest absolute Gasteiger partial charge is 0.379 e. The number of amides is 1. The fraction of sp³-hybridized carbons (Fsp3) is 0.393. The van der Waals surface area contributed by atoms with Crippen LogP contribution < -0.4 is 10.6 Å². The molecular formula is C28H37N4O. The van der Waals surface area contributed by atoms with E-state index in [1.807, 2.05) is 36.6 Å². The lowest BCUT2D eigenvalue weighted by Crippen LogP contribution is -2.30. The van der Waals surface area contributed by atoms with Gasteiger partial charge in [-0.2, -0.15) is 0 Å². The second-order valence-electron chi connectivity index (χ2n) is 9.22. The minimum atomic E-state index is -0.0664. The van der Waals surface area contributed by atoms with Gasteiger partial charge in [-0.05, 0) is 63.0 Å². The summed E-state index contributed by atoms with van der Waals surface area (Å²) < 4.78 is 0. The van der Waals surface area contributed by atoms with Crippen molar-refractivity contribution in [2.24, 2.45) is 10.9 Å². The molecule has 5 nitrogen and oxygen atoms in total. The van der Waals surface area contributed by atoms with E-state index in [4.69, 9.17) is 4.99 Å². The Kier molecular flexibility index (Phi) is 8.09. The molecule has 2 atom stereocenters. The lowest BCUT2D eigenvalue weighted by Gasteiger charge is -2.19. The number of hydrogen-bond donors (Lipinski definition) is 2. The Labute approximate surface area is 199 Å². The fourth-order valence-electron chi connectivity index (χ4n) is 3.71. The summed E-state index contributed by atoms with van der Waals surface area (Å²) in [6.45, 7) is 13.7. The Morgan fingerprint density at radius 3 is 2.64 bits per heavy atom. The maximum Gasteiger partial charge on any atom is 0.255 e. The second-order valence-corrected chi connectivity index (χ2v) is 9.22. The molecule has 1 amide bonds. The Bertz CT molecular complexity index is 1030. The van der Waals surface area contributed by atoms with Crippen LogP contribution in [0, 0.1) is 11.8 Å². The molecule has 0 aromatic heterocycles. The van der Waals surface area contributed by atoms with E-state index in [-0.39, 0.29) is 18.0 Å². The first-order valence-electron chi connectivity index (χ1n) is 11.8. The number of carbonyl (C=O) groups excluding carboxylic acids is 1. The van der Waals surface area contributed by atoms with Gasteiger partial charge in [0.25, 0.3) is 5.91 Å². The lowest BCUT2D eigenvalue weighted by atomic mass is 9.98. The number of anilines is 1. The molecule has 2 aliphatic rings. The number of carbonyl (C=O) groups is 1. The topological polar surface area (TPSA) is 56.7 Å². The highest BCUT2D eigenvalue weighted by Crippen LogP contribution is 2.45. The van der Waals surface area contributed by atoms with Crippen molar-refractivity contribution in [2.75, 3.05) is 18.9 Å². The number of fused-ring (bicyclic) bond motifs is 1. The molecule has 0 spiro atoms. The molecule has 2 aliphatic carbocycles. The Morgan fingerprint density at radius 1 is 1.18 bits per heavy atom. The molecule has 5 heteroatoms. The van der Waals surface area contributed by atoms with Gasteiger partial charge in [0, 0.05) is 49.4 Å². The van der Waals surface area contributed by atoms with Gasteiger partial charge in [0.05, 0.1) is 11.6 Å². The van der Waals surface area contributed by atoms with Crippen LogP contribution >= 0.6 is 0 Å². The summed E-state index contributed by atoms with van der Waals surface area (Å²) >= 11 is 0. The quantitative estimate of drug-likeness (QED) is 0.462. The molecule has 0 saturated heterocycles. The van der Waals surface area contributed by atoms with Crippen molar-refractivity contribution in [1.82, 2.24) is 10.2 Å². The Morgan fingerprint density at radius 2 is 1.94 bits per heavy atom. The first-order valence-corrected chi connectivity index (χ1v) is 11.8. The van der Waals surface area contributed by atoms with E-state index in [1.54, 1.807) is 0 Å². The van der Waals surface area contributed by atoms with E-state index < -0.39 is 0 Å². The zero-order chi connectivity index (χ0) is 24.1. The van der Waals surface area contributed by atoms with Crippen molar-refractivity contribution in [3.8, 4) is 0 Å². The van der Waals surface area contributed by atoms with E-state index in [1.165, 1.54) is 11.5 Å². The molecule has 175 valence electrons. The van der Waals surface area contributed by atoms with Crippen LogP contribution in [0.5, 0.6) is 0 Å². The molecule has 0 saturated carbocycles. The van der Waals surface area contributed by atoms with Crippen molar-refractivity contribution in [3.63, 3.8) is 0 Å². The van der Waals surface area contributed by atoms with E-state index in [0.29, 0.717) is 5.92 Å². The summed E-state index contributed by atoms with van der Waals surface area (Å²) in [7, 11) is 2.06. The number of nitrogens with zero attached hydrogens (tertiary/aromatic N) is 2. The lowest BCUT2D eigenvalue weighted by molar-refractivity contribution is -0.112. The molecule has 0 fully saturated rings. The normalized spacial score (nSPS) is 17.8. The minimum Gasteiger partial charge on any atom is -0.379 e. The van der Waals surface area contributed by atoms with Gasteiger partial charge in [-0.15, -0.1) is 0 Å². The van der Waals surface area contributed by atoms with Gasteiger partial charge in [0.15, 0.2) is 0 Å². The SMILES string of the molecule is CCN(C)/C=C(/N=CC(C)N[C@@H](C)c1cccc(NC(=O)C2=CC=C(C)[C]3C=C32)c1)C(C)C. The second kappa shape index (κ2) is 10.8. The van der Waals surface area contributed by atoms with Gasteiger partial charge in [0.2, 0.25) is 0 Å². The highest BCUT2D eigenvalue weighted by atomic mass is 16.1. The first-order chi connectivity index (χ1) is 15.7. The van der Waals surface area contributed by atoms with Crippen LogP contribution in [-0.4, -0.2) is 36.7 Å². The Hall–Kier alpha value is -2.92. The number of rotatable bonds is 10. The van der Waals surface area contributed by atoms with Crippen molar-refractivity contribution in [2.45, 2.75) is 53.6 Å². The summed E-state index contributed by atoms with van der Waals surface area (Å²) in [5.41, 5.74) is 6.00. The van der Waals surface area contributed by atoms with Gasteiger partial charge < -0.3 is 15.5 Å². The molecule has 0 bridgehead atoms. The smallest absolute Gasteiger partial charge is 0.255 e. The van der Waals surface area contributed by atoms with Crippen molar-refractivity contribution >= 4 is 17.8 Å². The first kappa shape index (κ1) is 24.7. The average molecular weight is 446 g/mol. The maximum absolute atomic E-state index is 12.8. The summed E-state index contributed by atoms with van der Waals surface area (Å²) in [5.74, 6) is 1.49. The zero-order valence-electron chi connectivity index (χ0n) is 20.9. The van der Waals surface area contributed by atoms with Crippen LogP contribution in [0.4, 0.5) is 5.69 Å². The van der Waals surface area contributed by atoms with Crippen LogP contribution in [0.25, 0.3) is 0 Å². The molecule has 1 radical (unpaired) electrons. The molecule has 0 heterocycles. The standard InChI is InChI=1S/C28H37N4O/c1-8-32(7)17-27(18(2)3)29-16-20(5)30-21(6)22-10-9-11-23(14-22)31-28(33)24-13-12-19(4)25-15-26(24)25/h9-18,20-21,30H,8H2,1-7H3,(H,31,33)/b27-17+,29-16?/t20?,21-/m0/s1. The highest BCUT2D eigenvalue weighted by molar-refractivity contribution is 6.10. The third-order valence-electron chi connectivity index (χ3n) is 6.00. The molecule has 0 aliphatic heterocycles. The van der Waals surface area contributed by atoms with Gasteiger partial charge in [-0.25, -0.2) is 0 Å². The van der Waals surface area contributed by atoms with Crippen LogP contribution in [0.15, 0.2) is 76.1 Å². The Balaban J connectivity index is 1.61. The van der Waals surface area contributed by atoms with E-state index >= 15 is 0 Å². The van der Waals surface area contributed by atoms with E-state index in [2.05, 4.69) is 82.5 Å². The zero-order valence-corrected chi connectivity index (χ0v) is 20.9. The van der Waals surface area contributed by atoms with Crippen molar-refractivity contribution < 1.29 is 4.79 Å². The third-order valence-corrected chi connectivity index (χ3v) is 6.00. The van der Waals surface area contributed by atoms with Crippen LogP contribution in [-0.2, 0) is 4.79 Å². The molecule has 1 unspecified atom stereocenters. The number of hydrogen-bond acceptors (Lipinski definition) is 4. The fourth-order valence-corrected chi connectivity index (χ4v) is 3.71. The number of aliphatic imine (C=N–C) groups is 1. The maximum atomic E-state index is 12.8. The minimum absolute atomic E-state index is 0.0664. The number of nitrogens with one attached hydrogen (secondary N) is 2. The van der Waals surface area contributed by atoms with Gasteiger partial charge >= 0.3 is 0 Å². The van der Waals surface area contributed by atoms with E-state index in [9.17, 15) is 4.79 Å². The van der Waals surface area contributed by atoms with Crippen LogP contribution in [0.3, 0.4) is 0 Å². The molecule has 3 rings (SSSR count). The average Bonchev–Trinajstić information content (AvgIpc) is 3.58. The molecule has 1 aromatic rings. The number of benzene rings is 1. The summed E-state index contributed by atoms with van der Waals surface area (Å²) in [6, 6.07) is 8.23. The van der Waals surface area contributed by atoms with Gasteiger partial charge in [-0.1, -0.05) is 43.7 Å². The predicted octanol–water partition coefficient (Wildman–Crippen LogP) is 5.58. The molecule has 2 N–H and O–H groups in total. The van der Waals surface area contributed by atoms with Crippen molar-refractivity contribution in [3.05, 3.63) is 82.6 Å². The predicted molar refractivity (Wildman–Crippen MR) is 139 cm³/mol.